The maximum Gasteiger partial charge on any atom is 0.0201 e. The van der Waals surface area contributed by atoms with Crippen LogP contribution in [0.3, 0.4) is 0 Å². The van der Waals surface area contributed by atoms with E-state index in [0.717, 1.165) is 31.3 Å². The molecular formula is C38H40. The van der Waals surface area contributed by atoms with E-state index < -0.39 is 0 Å². The van der Waals surface area contributed by atoms with Crippen LogP contribution in [0.4, 0.5) is 0 Å². The highest BCUT2D eigenvalue weighted by Crippen LogP contribution is 2.55. The summed E-state index contributed by atoms with van der Waals surface area (Å²) in [5.41, 5.74) is 17.3. The molecular weight excluding hydrogens is 456 g/mol. The third kappa shape index (κ3) is 4.81. The SMILES string of the molecule is C=C(CCC)C1=C(C)C=C2C/C(=C\C3=CC=C(c4ccccc4C(=C)C)C3)C(=C)C2C1c1ccc(C)cc1. The zero-order chi connectivity index (χ0) is 27.0. The summed E-state index contributed by atoms with van der Waals surface area (Å²) in [6.07, 6.45) is 13.5. The van der Waals surface area contributed by atoms with E-state index in [1.54, 1.807) is 0 Å². The van der Waals surface area contributed by atoms with E-state index in [0.29, 0.717) is 5.92 Å². The Labute approximate surface area is 229 Å². The minimum atomic E-state index is 0.279. The molecule has 0 aliphatic heterocycles. The summed E-state index contributed by atoms with van der Waals surface area (Å²) in [5.74, 6) is 0.580. The van der Waals surface area contributed by atoms with Gasteiger partial charge >= 0.3 is 0 Å². The van der Waals surface area contributed by atoms with Gasteiger partial charge in [-0.05, 0) is 90.2 Å². The van der Waals surface area contributed by atoms with Crippen LogP contribution in [-0.4, -0.2) is 0 Å². The Morgan fingerprint density at radius 3 is 2.39 bits per heavy atom. The molecule has 0 bridgehead atoms. The average Bonchev–Trinajstić information content (AvgIpc) is 3.48. The van der Waals surface area contributed by atoms with Gasteiger partial charge in [-0.1, -0.05) is 128 Å². The van der Waals surface area contributed by atoms with Crippen LogP contribution in [0.25, 0.3) is 11.1 Å². The molecule has 0 heterocycles. The van der Waals surface area contributed by atoms with Crippen molar-refractivity contribution in [3.63, 3.8) is 0 Å². The Hall–Kier alpha value is -3.64. The molecule has 0 spiro atoms. The molecule has 2 unspecified atom stereocenters. The van der Waals surface area contributed by atoms with Crippen molar-refractivity contribution in [3.8, 4) is 0 Å². The van der Waals surface area contributed by atoms with Crippen LogP contribution in [0.5, 0.6) is 0 Å². The van der Waals surface area contributed by atoms with Gasteiger partial charge in [-0.2, -0.15) is 0 Å². The predicted octanol–water partition coefficient (Wildman–Crippen LogP) is 10.6. The lowest BCUT2D eigenvalue weighted by molar-refractivity contribution is 0.619. The molecule has 38 heavy (non-hydrogen) atoms. The van der Waals surface area contributed by atoms with Gasteiger partial charge in [-0.15, -0.1) is 0 Å². The minimum absolute atomic E-state index is 0.279. The van der Waals surface area contributed by atoms with Crippen molar-refractivity contribution >= 4 is 11.1 Å². The molecule has 2 aromatic rings. The highest BCUT2D eigenvalue weighted by atomic mass is 14.4. The van der Waals surface area contributed by atoms with Crippen molar-refractivity contribution in [2.24, 2.45) is 5.92 Å². The summed E-state index contributed by atoms with van der Waals surface area (Å²) in [5, 5.41) is 0. The van der Waals surface area contributed by atoms with Crippen LogP contribution < -0.4 is 0 Å². The van der Waals surface area contributed by atoms with E-state index in [-0.39, 0.29) is 5.92 Å². The molecule has 2 aromatic carbocycles. The lowest BCUT2D eigenvalue weighted by Gasteiger charge is -2.34. The van der Waals surface area contributed by atoms with Crippen molar-refractivity contribution in [2.45, 2.75) is 59.3 Å². The quantitative estimate of drug-likeness (QED) is 0.357. The largest absolute Gasteiger partial charge is 0.0955 e. The molecule has 0 radical (unpaired) electrons. The molecule has 0 saturated heterocycles. The molecule has 3 aliphatic rings. The fourth-order valence-corrected chi connectivity index (χ4v) is 6.59. The highest BCUT2D eigenvalue weighted by molar-refractivity contribution is 5.82. The zero-order valence-electron chi connectivity index (χ0n) is 23.5. The van der Waals surface area contributed by atoms with Crippen molar-refractivity contribution in [2.75, 3.05) is 0 Å². The lowest BCUT2D eigenvalue weighted by atomic mass is 9.69. The number of rotatable bonds is 7. The number of fused-ring (bicyclic) bond motifs is 1. The van der Waals surface area contributed by atoms with Crippen molar-refractivity contribution in [1.82, 2.24) is 0 Å². The summed E-state index contributed by atoms with van der Waals surface area (Å²) in [6, 6.07) is 17.8. The molecule has 0 amide bonds. The Morgan fingerprint density at radius 2 is 1.68 bits per heavy atom. The Bertz CT molecular complexity index is 1470. The maximum atomic E-state index is 4.72. The fourth-order valence-electron chi connectivity index (χ4n) is 6.59. The van der Waals surface area contributed by atoms with E-state index in [1.807, 2.05) is 0 Å². The van der Waals surface area contributed by atoms with Crippen LogP contribution in [0, 0.1) is 12.8 Å². The Morgan fingerprint density at radius 1 is 0.947 bits per heavy atom. The second-order valence-electron chi connectivity index (χ2n) is 11.3. The highest BCUT2D eigenvalue weighted by Gasteiger charge is 2.40. The predicted molar refractivity (Wildman–Crippen MR) is 166 cm³/mol. The van der Waals surface area contributed by atoms with E-state index in [2.05, 4.69) is 114 Å². The Kier molecular flexibility index (Phi) is 7.26. The van der Waals surface area contributed by atoms with Crippen molar-refractivity contribution in [3.05, 3.63) is 154 Å². The standard InChI is InChI=1S/C38H40/c1-8-11-26(5)36-27(6)20-33-23-32(28(7)37(33)38(36)30-17-14-25(4)15-18-30)22-29-16-19-31(21-29)35-13-10-9-12-34(35)24(2)3/h9-10,12-20,22,37-38H,2,5,7-8,11,21,23H2,1,3-4,6H3/b32-22+. The van der Waals surface area contributed by atoms with Crippen LogP contribution in [0.15, 0.2) is 132 Å². The zero-order valence-corrected chi connectivity index (χ0v) is 23.5. The summed E-state index contributed by atoms with van der Waals surface area (Å²) >= 11 is 0. The smallest absolute Gasteiger partial charge is 0.0201 e. The molecule has 192 valence electrons. The monoisotopic (exact) mass is 496 g/mol. The molecule has 5 rings (SSSR count). The van der Waals surface area contributed by atoms with Gasteiger partial charge in [0.2, 0.25) is 0 Å². The maximum absolute atomic E-state index is 4.72. The number of allylic oxidation sites excluding steroid dienone is 13. The summed E-state index contributed by atoms with van der Waals surface area (Å²) < 4.78 is 0. The van der Waals surface area contributed by atoms with Gasteiger partial charge in [-0.3, -0.25) is 0 Å². The van der Waals surface area contributed by atoms with Crippen LogP contribution in [0.1, 0.15) is 74.6 Å². The third-order valence-electron chi connectivity index (χ3n) is 8.41. The minimum Gasteiger partial charge on any atom is -0.0955 e. The first-order valence-electron chi connectivity index (χ1n) is 14.0. The average molecular weight is 497 g/mol. The first-order chi connectivity index (χ1) is 18.3. The first-order valence-corrected chi connectivity index (χ1v) is 14.0. The lowest BCUT2D eigenvalue weighted by Crippen LogP contribution is -2.21. The van der Waals surface area contributed by atoms with Crippen LogP contribution in [0.2, 0.25) is 0 Å². The van der Waals surface area contributed by atoms with E-state index in [1.165, 1.54) is 66.8 Å². The molecule has 1 saturated carbocycles. The van der Waals surface area contributed by atoms with Crippen LogP contribution >= 0.6 is 0 Å². The van der Waals surface area contributed by atoms with Gasteiger partial charge in [0.1, 0.15) is 0 Å². The van der Waals surface area contributed by atoms with Gasteiger partial charge in [0.05, 0.1) is 0 Å². The van der Waals surface area contributed by atoms with E-state index in [9.17, 15) is 0 Å². The van der Waals surface area contributed by atoms with Gasteiger partial charge in [0.15, 0.2) is 0 Å². The van der Waals surface area contributed by atoms with Gasteiger partial charge in [-0.25, -0.2) is 0 Å². The molecule has 0 N–H and O–H groups in total. The van der Waals surface area contributed by atoms with E-state index in [4.69, 9.17) is 6.58 Å². The van der Waals surface area contributed by atoms with Gasteiger partial charge in [0.25, 0.3) is 0 Å². The number of aryl methyl sites for hydroxylation is 1. The summed E-state index contributed by atoms with van der Waals surface area (Å²) in [4.78, 5) is 0. The topological polar surface area (TPSA) is 0 Å². The number of hydrogen-bond acceptors (Lipinski definition) is 0. The van der Waals surface area contributed by atoms with Crippen LogP contribution in [-0.2, 0) is 0 Å². The third-order valence-corrected chi connectivity index (χ3v) is 8.41. The molecule has 0 heteroatoms. The van der Waals surface area contributed by atoms with Crippen molar-refractivity contribution in [1.29, 1.82) is 0 Å². The second kappa shape index (κ2) is 10.6. The molecule has 1 fully saturated rings. The Balaban J connectivity index is 1.45. The molecule has 0 nitrogen and oxygen atoms in total. The molecule has 2 atom stereocenters. The van der Waals surface area contributed by atoms with Gasteiger partial charge < -0.3 is 0 Å². The van der Waals surface area contributed by atoms with E-state index >= 15 is 0 Å². The number of benzene rings is 2. The first kappa shape index (κ1) is 26.0. The summed E-state index contributed by atoms with van der Waals surface area (Å²) in [7, 11) is 0. The molecule has 0 aromatic heterocycles. The van der Waals surface area contributed by atoms with Crippen molar-refractivity contribution < 1.29 is 0 Å². The molecule has 3 aliphatic carbocycles. The second-order valence-corrected chi connectivity index (χ2v) is 11.3. The number of hydrogen-bond donors (Lipinski definition) is 0. The normalized spacial score (nSPS) is 21.8. The fraction of sp³-hybridized carbons (Fsp3) is 0.263. The van der Waals surface area contributed by atoms with Gasteiger partial charge in [0, 0.05) is 11.8 Å². The summed E-state index contributed by atoms with van der Waals surface area (Å²) in [6.45, 7) is 22.2.